The highest BCUT2D eigenvalue weighted by Crippen LogP contribution is 2.39. The van der Waals surface area contributed by atoms with Crippen LogP contribution in [0.15, 0.2) is 23.8 Å². The minimum atomic E-state index is -0.660. The van der Waals surface area contributed by atoms with Gasteiger partial charge in [0.2, 0.25) is 0 Å². The van der Waals surface area contributed by atoms with Crippen molar-refractivity contribution in [2.24, 2.45) is 11.8 Å². The molecule has 0 radical (unpaired) electrons. The van der Waals surface area contributed by atoms with E-state index in [1.54, 1.807) is 6.92 Å². The molecule has 1 aliphatic carbocycles. The molecule has 2 aliphatic rings. The van der Waals surface area contributed by atoms with Crippen molar-refractivity contribution in [1.82, 2.24) is 0 Å². The molecule has 122 valence electrons. The number of allylic oxidation sites excluding steroid dienone is 1. The lowest BCUT2D eigenvalue weighted by Gasteiger charge is -2.23. The summed E-state index contributed by atoms with van der Waals surface area (Å²) in [7, 11) is 0. The first-order valence-corrected chi connectivity index (χ1v) is 7.74. The minimum Gasteiger partial charge on any atom is -0.463 e. The molecule has 0 saturated carbocycles. The zero-order chi connectivity index (χ0) is 16.4. The van der Waals surface area contributed by atoms with E-state index < -0.39 is 6.10 Å². The number of fused-ring (bicyclic) bond motifs is 1. The van der Waals surface area contributed by atoms with Crippen molar-refractivity contribution in [3.8, 4) is 0 Å². The summed E-state index contributed by atoms with van der Waals surface area (Å²) in [6.07, 6.45) is 2.54. The molecule has 0 unspecified atom stereocenters. The lowest BCUT2D eigenvalue weighted by Crippen LogP contribution is -2.25. The first-order chi connectivity index (χ1) is 10.3. The van der Waals surface area contributed by atoms with Gasteiger partial charge >= 0.3 is 11.9 Å². The number of hydrogen-bond donors (Lipinski definition) is 1. The van der Waals surface area contributed by atoms with Crippen LogP contribution >= 0.6 is 0 Å². The molecule has 1 heterocycles. The Morgan fingerprint density at radius 2 is 2.27 bits per heavy atom. The van der Waals surface area contributed by atoms with E-state index in [0.717, 1.165) is 5.57 Å². The zero-order valence-electron chi connectivity index (χ0n) is 13.4. The van der Waals surface area contributed by atoms with Crippen LogP contribution in [0.1, 0.15) is 40.0 Å². The van der Waals surface area contributed by atoms with E-state index in [4.69, 9.17) is 9.47 Å². The summed E-state index contributed by atoms with van der Waals surface area (Å²) >= 11 is 0. The molecule has 5 heteroatoms. The zero-order valence-corrected chi connectivity index (χ0v) is 13.4. The van der Waals surface area contributed by atoms with Crippen LogP contribution in [0.4, 0.5) is 0 Å². The van der Waals surface area contributed by atoms with Crippen LogP contribution in [0.2, 0.25) is 0 Å². The van der Waals surface area contributed by atoms with Gasteiger partial charge in [0.25, 0.3) is 0 Å². The number of carbonyl (C=O) groups is 2. The Hall–Kier alpha value is -1.62. The quantitative estimate of drug-likeness (QED) is 0.489. The molecule has 0 aromatic carbocycles. The standard InChI is InChI=1S/C17H24O5/c1-9-7-16-14(11(3)17(20)22-16)6-5-13(9)15(19)8-10(2)21-12(4)18/h5,9-10,14-16,19H,3,6-8H2,1-2,4H3/t9-,10-,14+,15-,16-/m0/s1. The highest BCUT2D eigenvalue weighted by molar-refractivity contribution is 5.90. The van der Waals surface area contributed by atoms with Crippen LogP contribution in [-0.2, 0) is 19.1 Å². The maximum Gasteiger partial charge on any atom is 0.334 e. The Kier molecular flexibility index (Phi) is 5.06. The molecular weight excluding hydrogens is 284 g/mol. The van der Waals surface area contributed by atoms with Gasteiger partial charge in [-0.15, -0.1) is 0 Å². The van der Waals surface area contributed by atoms with Gasteiger partial charge in [-0.2, -0.15) is 0 Å². The molecule has 0 aromatic heterocycles. The van der Waals surface area contributed by atoms with Gasteiger partial charge in [0.1, 0.15) is 12.2 Å². The Balaban J connectivity index is 2.04. The normalized spacial score (nSPS) is 30.7. The van der Waals surface area contributed by atoms with Crippen LogP contribution in [0.3, 0.4) is 0 Å². The number of esters is 2. The first kappa shape index (κ1) is 16.7. The van der Waals surface area contributed by atoms with Crippen molar-refractivity contribution in [3.05, 3.63) is 23.8 Å². The van der Waals surface area contributed by atoms with E-state index in [2.05, 4.69) is 6.58 Å². The first-order valence-electron chi connectivity index (χ1n) is 7.74. The van der Waals surface area contributed by atoms with Gasteiger partial charge in [0.15, 0.2) is 0 Å². The summed E-state index contributed by atoms with van der Waals surface area (Å²) in [5, 5.41) is 10.4. The molecule has 0 spiro atoms. The van der Waals surface area contributed by atoms with Gasteiger partial charge in [0, 0.05) is 24.8 Å². The van der Waals surface area contributed by atoms with E-state index in [-0.39, 0.29) is 36.0 Å². The van der Waals surface area contributed by atoms with E-state index >= 15 is 0 Å². The second-order valence-electron chi connectivity index (χ2n) is 6.32. The maximum atomic E-state index is 11.6. The third-order valence-electron chi connectivity index (χ3n) is 4.49. The van der Waals surface area contributed by atoms with Crippen LogP contribution in [-0.4, -0.2) is 35.4 Å². The summed E-state index contributed by atoms with van der Waals surface area (Å²) in [6.45, 7) is 8.96. The molecule has 1 saturated heterocycles. The summed E-state index contributed by atoms with van der Waals surface area (Å²) in [5.41, 5.74) is 1.45. The monoisotopic (exact) mass is 308 g/mol. The van der Waals surface area contributed by atoms with Gasteiger partial charge in [-0.1, -0.05) is 19.6 Å². The number of rotatable bonds is 4. The van der Waals surface area contributed by atoms with E-state index in [9.17, 15) is 14.7 Å². The number of carbonyl (C=O) groups excluding carboxylic acids is 2. The topological polar surface area (TPSA) is 72.8 Å². The molecule has 0 aromatic rings. The van der Waals surface area contributed by atoms with Crippen LogP contribution in [0.5, 0.6) is 0 Å². The average molecular weight is 308 g/mol. The number of aliphatic hydroxyl groups is 1. The number of ether oxygens (including phenoxy) is 2. The van der Waals surface area contributed by atoms with Gasteiger partial charge in [0.05, 0.1) is 6.10 Å². The summed E-state index contributed by atoms with van der Waals surface area (Å²) in [4.78, 5) is 22.5. The van der Waals surface area contributed by atoms with Gasteiger partial charge in [-0.05, 0) is 31.3 Å². The van der Waals surface area contributed by atoms with Crippen molar-refractivity contribution in [1.29, 1.82) is 0 Å². The number of hydrogen-bond acceptors (Lipinski definition) is 5. The fraction of sp³-hybridized carbons (Fsp3) is 0.647. The van der Waals surface area contributed by atoms with E-state index in [1.807, 2.05) is 13.0 Å². The van der Waals surface area contributed by atoms with E-state index in [0.29, 0.717) is 24.8 Å². The summed E-state index contributed by atoms with van der Waals surface area (Å²) in [6, 6.07) is 0. The molecule has 0 bridgehead atoms. The molecule has 1 aliphatic heterocycles. The highest BCUT2D eigenvalue weighted by Gasteiger charge is 2.41. The van der Waals surface area contributed by atoms with Gasteiger partial charge in [-0.25, -0.2) is 4.79 Å². The molecule has 22 heavy (non-hydrogen) atoms. The Bertz CT molecular complexity index is 507. The fourth-order valence-corrected chi connectivity index (χ4v) is 3.37. The smallest absolute Gasteiger partial charge is 0.334 e. The van der Waals surface area contributed by atoms with Crippen molar-refractivity contribution in [2.75, 3.05) is 0 Å². The van der Waals surface area contributed by atoms with Gasteiger partial charge < -0.3 is 14.6 Å². The van der Waals surface area contributed by atoms with Crippen molar-refractivity contribution < 1.29 is 24.2 Å². The number of aliphatic hydroxyl groups excluding tert-OH is 1. The van der Waals surface area contributed by atoms with Crippen LogP contribution in [0.25, 0.3) is 0 Å². The van der Waals surface area contributed by atoms with Crippen molar-refractivity contribution >= 4 is 11.9 Å². The Morgan fingerprint density at radius 1 is 1.59 bits per heavy atom. The van der Waals surface area contributed by atoms with Crippen LogP contribution < -0.4 is 0 Å². The molecule has 5 atom stereocenters. The lowest BCUT2D eigenvalue weighted by atomic mass is 9.89. The second kappa shape index (κ2) is 6.65. The molecule has 5 nitrogen and oxygen atoms in total. The molecule has 0 amide bonds. The lowest BCUT2D eigenvalue weighted by molar-refractivity contribution is -0.146. The van der Waals surface area contributed by atoms with Crippen molar-refractivity contribution in [3.63, 3.8) is 0 Å². The molecule has 1 N–H and O–H groups in total. The summed E-state index contributed by atoms with van der Waals surface area (Å²) < 4.78 is 10.4. The predicted octanol–water partition coefficient (Wildman–Crippen LogP) is 2.14. The minimum absolute atomic E-state index is 0.00513. The third kappa shape index (κ3) is 3.58. The largest absolute Gasteiger partial charge is 0.463 e. The van der Waals surface area contributed by atoms with Crippen LogP contribution in [0, 0.1) is 11.8 Å². The molecule has 2 rings (SSSR count). The van der Waals surface area contributed by atoms with Crippen molar-refractivity contribution in [2.45, 2.75) is 58.3 Å². The SMILES string of the molecule is C=C1C(=O)O[C@H]2C[C@H](C)C([C@@H](O)C[C@H](C)OC(C)=O)=CC[C@H]12. The highest BCUT2D eigenvalue weighted by atomic mass is 16.6. The second-order valence-corrected chi connectivity index (χ2v) is 6.32. The van der Waals surface area contributed by atoms with E-state index in [1.165, 1.54) is 6.92 Å². The maximum absolute atomic E-state index is 11.6. The molecular formula is C17H24O5. The Morgan fingerprint density at radius 3 is 2.91 bits per heavy atom. The average Bonchev–Trinajstić information content (AvgIpc) is 2.56. The predicted molar refractivity (Wildman–Crippen MR) is 80.8 cm³/mol. The Labute approximate surface area is 131 Å². The third-order valence-corrected chi connectivity index (χ3v) is 4.49. The van der Waals surface area contributed by atoms with Gasteiger partial charge in [-0.3, -0.25) is 4.79 Å². The fourth-order valence-electron chi connectivity index (χ4n) is 3.37. The summed E-state index contributed by atoms with van der Waals surface area (Å²) in [5.74, 6) is -0.540. The molecule has 1 fully saturated rings.